The Bertz CT molecular complexity index is 1650. The van der Waals surface area contributed by atoms with Crippen molar-refractivity contribution in [3.05, 3.63) is 83.4 Å². The average Bonchev–Trinajstić information content (AvgIpc) is 3.09. The monoisotopic (exact) mass is 700 g/mol. The maximum absolute atomic E-state index is 14.7. The quantitative estimate of drug-likeness (QED) is 0.293. The largest absolute Gasteiger partial charge is 0.493 e. The van der Waals surface area contributed by atoms with Gasteiger partial charge in [0.2, 0.25) is 15.9 Å². The van der Waals surface area contributed by atoms with Gasteiger partial charge in [-0.25, -0.2) is 17.2 Å². The number of ether oxygens (including phenoxy) is 1. The van der Waals surface area contributed by atoms with Gasteiger partial charge in [-0.05, 0) is 78.3 Å². The predicted octanol–water partition coefficient (Wildman–Crippen LogP) is 6.04. The summed E-state index contributed by atoms with van der Waals surface area (Å²) >= 11 is 6.03. The molecule has 1 saturated carbocycles. The maximum Gasteiger partial charge on any atom is 0.280 e. The maximum atomic E-state index is 14.7. The highest BCUT2D eigenvalue weighted by molar-refractivity contribution is 7.89. The highest BCUT2D eigenvalue weighted by Gasteiger charge is 2.48. The normalized spacial score (nSPS) is 22.8. The molecule has 12 heteroatoms. The molecule has 258 valence electrons. The van der Waals surface area contributed by atoms with Gasteiger partial charge >= 0.3 is 0 Å². The van der Waals surface area contributed by atoms with Gasteiger partial charge in [-0.15, -0.1) is 0 Å². The number of piperidine rings is 1. The van der Waals surface area contributed by atoms with Crippen LogP contribution in [0.4, 0.5) is 8.78 Å². The summed E-state index contributed by atoms with van der Waals surface area (Å²) < 4.78 is 64.6. The molecule has 0 radical (unpaired) electrons. The number of benzene rings is 3. The molecule has 1 amide bonds. The van der Waals surface area contributed by atoms with Gasteiger partial charge in [0.25, 0.3) is 5.92 Å². The molecule has 0 aromatic heterocycles. The zero-order valence-electron chi connectivity index (χ0n) is 26.9. The molecule has 3 aromatic rings. The van der Waals surface area contributed by atoms with Crippen molar-refractivity contribution >= 4 is 27.5 Å². The van der Waals surface area contributed by atoms with Crippen LogP contribution in [0.2, 0.25) is 5.02 Å². The van der Waals surface area contributed by atoms with Crippen molar-refractivity contribution in [2.45, 2.75) is 68.0 Å². The van der Waals surface area contributed by atoms with Crippen LogP contribution >= 0.6 is 11.6 Å². The molecule has 2 saturated heterocycles. The Hall–Kier alpha value is -3.09. The average molecular weight is 701 g/mol. The number of nitrogens with two attached hydrogens (primary N) is 1. The number of alkyl halides is 2. The van der Waals surface area contributed by atoms with Gasteiger partial charge in [0, 0.05) is 37.7 Å². The third kappa shape index (κ3) is 8.03. The van der Waals surface area contributed by atoms with E-state index in [0.29, 0.717) is 36.4 Å². The Labute approximate surface area is 286 Å². The molecule has 3 aromatic carbocycles. The van der Waals surface area contributed by atoms with Crippen molar-refractivity contribution in [3.63, 3.8) is 0 Å². The van der Waals surface area contributed by atoms with Crippen molar-refractivity contribution in [1.82, 2.24) is 14.1 Å². The highest BCUT2D eigenvalue weighted by atomic mass is 35.5. The van der Waals surface area contributed by atoms with E-state index in [0.717, 1.165) is 34.4 Å². The number of rotatable bonds is 9. The lowest BCUT2D eigenvalue weighted by Gasteiger charge is -2.43. The zero-order chi connectivity index (χ0) is 33.9. The molecular formula is C36H43ClF2N4O4S. The lowest BCUT2D eigenvalue weighted by atomic mass is 9.90. The van der Waals surface area contributed by atoms with Gasteiger partial charge in [0.15, 0.2) is 0 Å². The number of hydrogen-bond acceptors (Lipinski definition) is 6. The summed E-state index contributed by atoms with van der Waals surface area (Å²) in [6.45, 7) is 0.728. The smallest absolute Gasteiger partial charge is 0.280 e. The number of hydrogen-bond donors (Lipinski definition) is 1. The minimum Gasteiger partial charge on any atom is -0.493 e. The second-order valence-corrected chi connectivity index (χ2v) is 15.6. The minimum absolute atomic E-state index is 0.0301. The van der Waals surface area contributed by atoms with E-state index in [1.54, 1.807) is 12.1 Å². The van der Waals surface area contributed by atoms with E-state index < -0.39 is 40.5 Å². The van der Waals surface area contributed by atoms with E-state index in [9.17, 15) is 22.0 Å². The van der Waals surface area contributed by atoms with Crippen LogP contribution in [0.25, 0.3) is 11.1 Å². The van der Waals surface area contributed by atoms with Crippen LogP contribution in [0.15, 0.2) is 77.7 Å². The van der Waals surface area contributed by atoms with Gasteiger partial charge in [-0.3, -0.25) is 9.69 Å². The van der Waals surface area contributed by atoms with E-state index in [4.69, 9.17) is 22.1 Å². The first-order chi connectivity index (χ1) is 23.0. The number of nitrogens with zero attached hydrogens (tertiary/aromatic N) is 3. The van der Waals surface area contributed by atoms with Crippen LogP contribution in [-0.4, -0.2) is 85.8 Å². The zero-order valence-corrected chi connectivity index (χ0v) is 28.5. The fourth-order valence-electron chi connectivity index (χ4n) is 6.93. The standard InChI is InChI=1S/C36H43ClF2N4O4S/c37-30-12-10-29(11-13-30)28-8-6-26(7-9-28)22-41-20-21-43(33(23-41)35(44)42-19-18-34(40)36(38,39)25-42)48(45,46)32-16-14-31(15-17-32)47-24-27-4-2-1-3-5-27/h6-17,27,33-34H,1-5,18-25,40H2/t33-,34+/m1/s1. The molecule has 0 bridgehead atoms. The number of piperazine rings is 1. The number of amides is 1. The van der Waals surface area contributed by atoms with Gasteiger partial charge in [-0.1, -0.05) is 67.3 Å². The van der Waals surface area contributed by atoms with Crippen molar-refractivity contribution in [2.24, 2.45) is 11.7 Å². The van der Waals surface area contributed by atoms with Crippen molar-refractivity contribution < 1.29 is 26.7 Å². The Balaban J connectivity index is 1.18. The number of likely N-dealkylation sites (tertiary alicyclic amines) is 1. The fourth-order valence-corrected chi connectivity index (χ4v) is 8.62. The molecule has 2 atom stereocenters. The summed E-state index contributed by atoms with van der Waals surface area (Å²) in [6, 6.07) is 19.3. The lowest BCUT2D eigenvalue weighted by Crippen LogP contribution is -2.64. The van der Waals surface area contributed by atoms with E-state index in [1.165, 1.54) is 35.7 Å². The lowest BCUT2D eigenvalue weighted by molar-refractivity contribution is -0.149. The SMILES string of the molecule is N[C@H]1CCN(C(=O)[C@H]2CN(Cc3ccc(-c4ccc(Cl)cc4)cc3)CCN2S(=O)(=O)c2ccc(OCC3CCCCC3)cc2)CC1(F)F. The van der Waals surface area contributed by atoms with Crippen LogP contribution in [0, 0.1) is 5.92 Å². The predicted molar refractivity (Wildman–Crippen MR) is 182 cm³/mol. The number of carbonyl (C=O) groups is 1. The van der Waals surface area contributed by atoms with Gasteiger partial charge in [0.05, 0.1) is 24.1 Å². The molecule has 48 heavy (non-hydrogen) atoms. The third-order valence-corrected chi connectivity index (χ3v) is 12.0. The summed E-state index contributed by atoms with van der Waals surface area (Å²) in [4.78, 5) is 17.0. The van der Waals surface area contributed by atoms with Crippen LogP contribution < -0.4 is 10.5 Å². The Morgan fingerprint density at radius 1 is 0.875 bits per heavy atom. The van der Waals surface area contributed by atoms with Crippen LogP contribution in [0.5, 0.6) is 5.75 Å². The van der Waals surface area contributed by atoms with Crippen molar-refractivity contribution in [2.75, 3.05) is 39.3 Å². The van der Waals surface area contributed by atoms with Crippen LogP contribution in [0.3, 0.4) is 0 Å². The third-order valence-electron chi connectivity index (χ3n) is 9.84. The molecule has 8 nitrogen and oxygen atoms in total. The molecule has 6 rings (SSSR count). The van der Waals surface area contributed by atoms with Gasteiger partial charge < -0.3 is 15.4 Å². The summed E-state index contributed by atoms with van der Waals surface area (Å²) in [6.07, 6.45) is 5.87. The molecule has 3 fully saturated rings. The second kappa shape index (κ2) is 14.8. The summed E-state index contributed by atoms with van der Waals surface area (Å²) in [5.41, 5.74) is 8.67. The first-order valence-corrected chi connectivity index (χ1v) is 18.6. The Morgan fingerprint density at radius 2 is 1.52 bits per heavy atom. The Kier molecular flexibility index (Phi) is 10.7. The van der Waals surface area contributed by atoms with E-state index in [-0.39, 0.29) is 31.0 Å². The summed E-state index contributed by atoms with van der Waals surface area (Å²) in [5.74, 6) is -2.81. The molecule has 2 aliphatic heterocycles. The van der Waals surface area contributed by atoms with Crippen LogP contribution in [-0.2, 0) is 21.4 Å². The molecule has 0 spiro atoms. The van der Waals surface area contributed by atoms with E-state index >= 15 is 0 Å². The molecule has 2 heterocycles. The number of carbonyl (C=O) groups excluding carboxylic acids is 1. The van der Waals surface area contributed by atoms with Crippen molar-refractivity contribution in [1.29, 1.82) is 0 Å². The summed E-state index contributed by atoms with van der Waals surface area (Å²) in [5, 5.41) is 0.660. The summed E-state index contributed by atoms with van der Waals surface area (Å²) in [7, 11) is -4.14. The molecule has 1 aliphatic carbocycles. The first-order valence-electron chi connectivity index (χ1n) is 16.7. The van der Waals surface area contributed by atoms with Crippen LogP contribution in [0.1, 0.15) is 44.1 Å². The first kappa shape index (κ1) is 34.8. The number of halogens is 3. The molecule has 0 unspecified atom stereocenters. The van der Waals surface area contributed by atoms with Gasteiger partial charge in [-0.2, -0.15) is 4.31 Å². The second-order valence-electron chi connectivity index (χ2n) is 13.3. The van der Waals surface area contributed by atoms with Gasteiger partial charge in [0.1, 0.15) is 11.8 Å². The Morgan fingerprint density at radius 3 is 2.17 bits per heavy atom. The fraction of sp³-hybridized carbons (Fsp3) is 0.472. The molecule has 2 N–H and O–H groups in total. The topological polar surface area (TPSA) is 96.2 Å². The van der Waals surface area contributed by atoms with Crippen molar-refractivity contribution in [3.8, 4) is 16.9 Å². The van der Waals surface area contributed by atoms with E-state index in [2.05, 4.69) is 0 Å². The highest BCUT2D eigenvalue weighted by Crippen LogP contribution is 2.31. The van der Waals surface area contributed by atoms with E-state index in [1.807, 2.05) is 53.4 Å². The molecule has 3 aliphatic rings. The molecular weight excluding hydrogens is 658 g/mol. The minimum atomic E-state index is -4.14. The number of sulfonamides is 1.